The van der Waals surface area contributed by atoms with E-state index in [2.05, 4.69) is 41.1 Å². The van der Waals surface area contributed by atoms with E-state index in [4.69, 9.17) is 9.47 Å². The molecule has 1 atom stereocenters. The Hall–Kier alpha value is -0.540. The van der Waals surface area contributed by atoms with E-state index in [1.807, 2.05) is 0 Å². The quantitative estimate of drug-likeness (QED) is 0.360. The third-order valence-corrected chi connectivity index (χ3v) is 4.69. The Morgan fingerprint density at radius 1 is 0.957 bits per heavy atom. The fraction of sp³-hybridized carbons (Fsp3) is 0.900. The number of ether oxygens (including phenoxy) is 2. The van der Waals surface area contributed by atoms with Gasteiger partial charge in [0.1, 0.15) is 17.9 Å². The van der Waals surface area contributed by atoms with Crippen LogP contribution in [0.1, 0.15) is 78.1 Å². The molecule has 0 N–H and O–H groups in total. The zero-order valence-corrected chi connectivity index (χ0v) is 16.3. The van der Waals surface area contributed by atoms with Crippen molar-refractivity contribution in [3.63, 3.8) is 0 Å². The molecule has 1 fully saturated rings. The second-order valence-electron chi connectivity index (χ2n) is 8.26. The highest BCUT2D eigenvalue weighted by molar-refractivity contribution is 5.11. The Balaban J connectivity index is 2.19. The Bertz CT molecular complexity index is 346. The van der Waals surface area contributed by atoms with Crippen molar-refractivity contribution in [3.8, 4) is 0 Å². The number of hydrogen-bond donors (Lipinski definition) is 0. The van der Waals surface area contributed by atoms with E-state index in [1.54, 1.807) is 0 Å². The van der Waals surface area contributed by atoms with Crippen molar-refractivity contribution >= 4 is 0 Å². The predicted octanol–water partition coefficient (Wildman–Crippen LogP) is 5.26. The molecule has 1 rings (SSSR count). The SMILES string of the molecule is CCCCCCCCCCC[C@@]1(C)OCO/C1=C\C[N+](C)(C)C. The number of likely N-dealkylation sites (N-methyl/N-ethyl adjacent to an activating group) is 1. The number of hydrogen-bond acceptors (Lipinski definition) is 2. The molecule has 3 nitrogen and oxygen atoms in total. The molecule has 0 aromatic carbocycles. The van der Waals surface area contributed by atoms with Gasteiger partial charge in [-0.2, -0.15) is 0 Å². The molecular weight excluding hydrogens is 286 g/mol. The van der Waals surface area contributed by atoms with E-state index in [0.29, 0.717) is 6.79 Å². The van der Waals surface area contributed by atoms with Crippen LogP contribution in [0.5, 0.6) is 0 Å². The van der Waals surface area contributed by atoms with Crippen molar-refractivity contribution < 1.29 is 14.0 Å². The molecule has 1 aliphatic rings. The highest BCUT2D eigenvalue weighted by atomic mass is 16.7. The van der Waals surface area contributed by atoms with Gasteiger partial charge in [0.15, 0.2) is 6.79 Å². The zero-order valence-electron chi connectivity index (χ0n) is 16.3. The van der Waals surface area contributed by atoms with Gasteiger partial charge in [0.2, 0.25) is 0 Å². The highest BCUT2D eigenvalue weighted by Crippen LogP contribution is 2.34. The molecule has 0 aliphatic carbocycles. The molecule has 0 bridgehead atoms. The number of nitrogens with zero attached hydrogens (tertiary/aromatic N) is 1. The maximum Gasteiger partial charge on any atom is 0.189 e. The van der Waals surface area contributed by atoms with Crippen LogP contribution in [0.15, 0.2) is 11.8 Å². The second kappa shape index (κ2) is 10.4. The summed E-state index contributed by atoms with van der Waals surface area (Å²) < 4.78 is 12.5. The summed E-state index contributed by atoms with van der Waals surface area (Å²) in [5.41, 5.74) is -0.198. The molecule has 1 aliphatic heterocycles. The molecule has 0 radical (unpaired) electrons. The van der Waals surface area contributed by atoms with Crippen molar-refractivity contribution in [1.29, 1.82) is 0 Å². The van der Waals surface area contributed by atoms with E-state index in [0.717, 1.165) is 23.2 Å². The lowest BCUT2D eigenvalue weighted by Gasteiger charge is -2.25. The Labute approximate surface area is 144 Å². The number of rotatable bonds is 12. The average molecular weight is 327 g/mol. The predicted molar refractivity (Wildman–Crippen MR) is 98.3 cm³/mol. The third kappa shape index (κ3) is 8.76. The van der Waals surface area contributed by atoms with Crippen molar-refractivity contribution in [3.05, 3.63) is 11.8 Å². The minimum absolute atomic E-state index is 0.198. The van der Waals surface area contributed by atoms with Crippen LogP contribution in [0.2, 0.25) is 0 Å². The maximum absolute atomic E-state index is 5.89. The summed E-state index contributed by atoms with van der Waals surface area (Å²) in [5, 5.41) is 0. The van der Waals surface area contributed by atoms with Gasteiger partial charge in [-0.15, -0.1) is 0 Å². The molecule has 0 saturated carbocycles. The van der Waals surface area contributed by atoms with Crippen LogP contribution >= 0.6 is 0 Å². The van der Waals surface area contributed by atoms with E-state index in [1.165, 1.54) is 57.8 Å². The molecule has 136 valence electrons. The van der Waals surface area contributed by atoms with Crippen molar-refractivity contribution in [1.82, 2.24) is 0 Å². The molecule has 0 unspecified atom stereocenters. The number of unbranched alkanes of at least 4 members (excludes halogenated alkanes) is 8. The van der Waals surface area contributed by atoms with Gasteiger partial charge in [0.25, 0.3) is 0 Å². The summed E-state index contributed by atoms with van der Waals surface area (Å²) in [4.78, 5) is 0. The van der Waals surface area contributed by atoms with Crippen LogP contribution in [0, 0.1) is 0 Å². The average Bonchev–Trinajstić information content (AvgIpc) is 2.84. The standard InChI is InChI=1S/C20H40NO2/c1-6-7-8-9-10-11-12-13-14-16-20(2)19(22-18-23-20)15-17-21(3,4)5/h15H,6-14,16-18H2,1-5H3/q+1/b19-15-/t20-/m1/s1. The van der Waals surface area contributed by atoms with E-state index in [9.17, 15) is 0 Å². The topological polar surface area (TPSA) is 18.5 Å². The normalized spacial score (nSPS) is 23.4. The first kappa shape index (κ1) is 20.5. The van der Waals surface area contributed by atoms with Crippen LogP contribution in [-0.2, 0) is 9.47 Å². The van der Waals surface area contributed by atoms with Gasteiger partial charge < -0.3 is 14.0 Å². The monoisotopic (exact) mass is 326 g/mol. The van der Waals surface area contributed by atoms with Crippen molar-refractivity contribution in [2.75, 3.05) is 34.5 Å². The van der Waals surface area contributed by atoms with Gasteiger partial charge in [-0.25, -0.2) is 0 Å². The molecule has 3 heteroatoms. The molecule has 0 aromatic heterocycles. The van der Waals surface area contributed by atoms with Gasteiger partial charge in [-0.1, -0.05) is 64.7 Å². The van der Waals surface area contributed by atoms with Crippen LogP contribution in [-0.4, -0.2) is 44.6 Å². The molecule has 0 spiro atoms. The van der Waals surface area contributed by atoms with Crippen LogP contribution in [0.4, 0.5) is 0 Å². The summed E-state index contributed by atoms with van der Waals surface area (Å²) in [6, 6.07) is 0. The number of quaternary nitrogens is 1. The van der Waals surface area contributed by atoms with Crippen LogP contribution in [0.3, 0.4) is 0 Å². The molecular formula is C20H40NO2+. The summed E-state index contributed by atoms with van der Waals surface area (Å²) in [7, 11) is 6.60. The molecule has 1 heterocycles. The fourth-order valence-electron chi connectivity index (χ4n) is 3.05. The largest absolute Gasteiger partial charge is 0.469 e. The minimum Gasteiger partial charge on any atom is -0.469 e. The van der Waals surface area contributed by atoms with E-state index in [-0.39, 0.29) is 5.60 Å². The molecule has 0 amide bonds. The smallest absolute Gasteiger partial charge is 0.189 e. The summed E-state index contributed by atoms with van der Waals surface area (Å²) >= 11 is 0. The van der Waals surface area contributed by atoms with E-state index >= 15 is 0 Å². The first-order valence-corrected chi connectivity index (χ1v) is 9.65. The van der Waals surface area contributed by atoms with Crippen molar-refractivity contribution in [2.24, 2.45) is 0 Å². The van der Waals surface area contributed by atoms with Gasteiger partial charge in [0, 0.05) is 6.08 Å². The van der Waals surface area contributed by atoms with E-state index < -0.39 is 0 Å². The maximum atomic E-state index is 5.89. The second-order valence-corrected chi connectivity index (χ2v) is 8.26. The minimum atomic E-state index is -0.198. The van der Waals surface area contributed by atoms with Crippen LogP contribution in [0.25, 0.3) is 0 Å². The highest BCUT2D eigenvalue weighted by Gasteiger charge is 2.36. The Morgan fingerprint density at radius 2 is 1.52 bits per heavy atom. The molecule has 23 heavy (non-hydrogen) atoms. The first-order valence-electron chi connectivity index (χ1n) is 9.65. The Morgan fingerprint density at radius 3 is 2.09 bits per heavy atom. The summed E-state index contributed by atoms with van der Waals surface area (Å²) in [6.07, 6.45) is 15.6. The van der Waals surface area contributed by atoms with Crippen LogP contribution < -0.4 is 0 Å². The third-order valence-electron chi connectivity index (χ3n) is 4.69. The van der Waals surface area contributed by atoms with Gasteiger partial charge >= 0.3 is 0 Å². The lowest BCUT2D eigenvalue weighted by molar-refractivity contribution is -0.864. The van der Waals surface area contributed by atoms with Gasteiger partial charge in [-0.3, -0.25) is 0 Å². The molecule has 1 saturated heterocycles. The van der Waals surface area contributed by atoms with Crippen molar-refractivity contribution in [2.45, 2.75) is 83.7 Å². The zero-order chi connectivity index (χ0) is 17.2. The lowest BCUT2D eigenvalue weighted by Crippen LogP contribution is -2.35. The first-order chi connectivity index (χ1) is 10.9. The fourth-order valence-corrected chi connectivity index (χ4v) is 3.05. The Kier molecular flexibility index (Phi) is 9.23. The summed E-state index contributed by atoms with van der Waals surface area (Å²) in [6.45, 7) is 5.85. The van der Waals surface area contributed by atoms with Gasteiger partial charge in [-0.05, 0) is 13.3 Å². The lowest BCUT2D eigenvalue weighted by atomic mass is 9.95. The molecule has 0 aromatic rings. The summed E-state index contributed by atoms with van der Waals surface area (Å²) in [5.74, 6) is 1.05. The van der Waals surface area contributed by atoms with Gasteiger partial charge in [0.05, 0.1) is 21.1 Å².